The molecule has 0 bridgehead atoms. The molecule has 4 heterocycles. The number of carbonyl (C=O) groups is 1. The Bertz CT molecular complexity index is 939. The lowest BCUT2D eigenvalue weighted by Gasteiger charge is -2.38. The summed E-state index contributed by atoms with van der Waals surface area (Å²) in [4.78, 5) is 28.0. The van der Waals surface area contributed by atoms with E-state index in [2.05, 4.69) is 19.5 Å². The van der Waals surface area contributed by atoms with E-state index in [0.29, 0.717) is 30.6 Å². The molecule has 6 nitrogen and oxygen atoms in total. The van der Waals surface area contributed by atoms with Crippen LogP contribution in [0, 0.1) is 0 Å². The van der Waals surface area contributed by atoms with Crippen LogP contribution < -0.4 is 0 Å². The summed E-state index contributed by atoms with van der Waals surface area (Å²) in [6.07, 6.45) is 10.3. The number of carbonyl (C=O) groups excluding carboxylic acids is 1. The molecule has 1 aliphatic carbocycles. The third-order valence-corrected chi connectivity index (χ3v) is 5.65. The van der Waals surface area contributed by atoms with Gasteiger partial charge in [0.15, 0.2) is 5.65 Å². The summed E-state index contributed by atoms with van der Waals surface area (Å²) in [6.45, 7) is 1.43. The van der Waals surface area contributed by atoms with Gasteiger partial charge in [-0.05, 0) is 31.0 Å². The van der Waals surface area contributed by atoms with Gasteiger partial charge < -0.3 is 9.47 Å². The quantitative estimate of drug-likeness (QED) is 0.730. The van der Waals surface area contributed by atoms with Gasteiger partial charge in [-0.2, -0.15) is 0 Å². The Kier molecular flexibility index (Phi) is 3.69. The van der Waals surface area contributed by atoms with E-state index in [1.54, 1.807) is 12.4 Å². The standard InChI is InChI=1S/C20H21N5O/c26-20(24-11-15(12-24)17-7-3-4-8-21-17)14-9-18-19(22-10-14)25(13-23-18)16-5-1-2-6-16/h3-4,7-10,13,15-16H,1-2,5-6,11-12H2. The molecule has 2 fully saturated rings. The molecule has 0 atom stereocenters. The molecule has 0 N–H and O–H groups in total. The van der Waals surface area contributed by atoms with Gasteiger partial charge in [0.05, 0.1) is 11.9 Å². The number of hydrogen-bond acceptors (Lipinski definition) is 4. The number of amides is 1. The van der Waals surface area contributed by atoms with Crippen LogP contribution in [-0.4, -0.2) is 43.4 Å². The number of aromatic nitrogens is 4. The third-order valence-electron chi connectivity index (χ3n) is 5.65. The molecule has 1 amide bonds. The molecule has 0 radical (unpaired) electrons. The van der Waals surface area contributed by atoms with Crippen molar-refractivity contribution in [3.63, 3.8) is 0 Å². The first-order chi connectivity index (χ1) is 12.8. The normalized spacial score (nSPS) is 18.4. The van der Waals surface area contributed by atoms with Crippen LogP contribution in [0.4, 0.5) is 0 Å². The monoisotopic (exact) mass is 347 g/mol. The highest BCUT2D eigenvalue weighted by Gasteiger charge is 2.33. The van der Waals surface area contributed by atoms with Crippen LogP contribution in [-0.2, 0) is 0 Å². The Morgan fingerprint density at radius 1 is 1.08 bits per heavy atom. The van der Waals surface area contributed by atoms with Crippen molar-refractivity contribution in [2.45, 2.75) is 37.6 Å². The molecule has 6 heteroatoms. The molecule has 5 rings (SSSR count). The summed E-state index contributed by atoms with van der Waals surface area (Å²) in [5.41, 5.74) is 3.38. The summed E-state index contributed by atoms with van der Waals surface area (Å²) in [7, 11) is 0. The van der Waals surface area contributed by atoms with Crippen LogP contribution in [0.2, 0.25) is 0 Å². The highest BCUT2D eigenvalue weighted by Crippen LogP contribution is 2.32. The average Bonchev–Trinajstić information content (AvgIpc) is 3.30. The van der Waals surface area contributed by atoms with Crippen LogP contribution in [0.25, 0.3) is 11.2 Å². The van der Waals surface area contributed by atoms with Crippen molar-refractivity contribution in [2.75, 3.05) is 13.1 Å². The smallest absolute Gasteiger partial charge is 0.255 e. The SMILES string of the molecule is O=C(c1cnc2c(c1)ncn2C1CCCC1)N1CC(c2ccccn2)C1. The predicted octanol–water partition coefficient (Wildman–Crippen LogP) is 3.18. The minimum absolute atomic E-state index is 0.0296. The Labute approximate surface area is 151 Å². The second kappa shape index (κ2) is 6.20. The summed E-state index contributed by atoms with van der Waals surface area (Å²) >= 11 is 0. The van der Waals surface area contributed by atoms with Gasteiger partial charge in [0.1, 0.15) is 5.52 Å². The van der Waals surface area contributed by atoms with Crippen LogP contribution in [0.1, 0.15) is 53.7 Å². The number of rotatable bonds is 3. The molecular weight excluding hydrogens is 326 g/mol. The molecule has 132 valence electrons. The summed E-state index contributed by atoms with van der Waals surface area (Å²) in [5.74, 6) is 0.361. The fraction of sp³-hybridized carbons (Fsp3) is 0.400. The van der Waals surface area contributed by atoms with Crippen molar-refractivity contribution >= 4 is 17.1 Å². The van der Waals surface area contributed by atoms with Gasteiger partial charge in [0, 0.05) is 43.1 Å². The Morgan fingerprint density at radius 3 is 2.69 bits per heavy atom. The fourth-order valence-corrected chi connectivity index (χ4v) is 4.12. The number of imidazole rings is 1. The van der Waals surface area contributed by atoms with E-state index in [0.717, 1.165) is 16.9 Å². The lowest BCUT2D eigenvalue weighted by Crippen LogP contribution is -2.48. The van der Waals surface area contributed by atoms with Crippen LogP contribution >= 0.6 is 0 Å². The maximum Gasteiger partial charge on any atom is 0.255 e. The maximum absolute atomic E-state index is 12.7. The van der Waals surface area contributed by atoms with Crippen molar-refractivity contribution in [1.29, 1.82) is 0 Å². The molecule has 3 aromatic heterocycles. The highest BCUT2D eigenvalue weighted by molar-refractivity contribution is 5.96. The van der Waals surface area contributed by atoms with E-state index < -0.39 is 0 Å². The molecule has 26 heavy (non-hydrogen) atoms. The molecular formula is C20H21N5O. The zero-order chi connectivity index (χ0) is 17.5. The van der Waals surface area contributed by atoms with Crippen molar-refractivity contribution < 1.29 is 4.79 Å². The van der Waals surface area contributed by atoms with Crippen molar-refractivity contribution in [2.24, 2.45) is 0 Å². The second-order valence-corrected chi connectivity index (χ2v) is 7.32. The molecule has 2 aliphatic rings. The van der Waals surface area contributed by atoms with Crippen molar-refractivity contribution in [3.05, 3.63) is 54.2 Å². The van der Waals surface area contributed by atoms with Crippen LogP contribution in [0.5, 0.6) is 0 Å². The lowest BCUT2D eigenvalue weighted by atomic mass is 9.95. The molecule has 1 saturated carbocycles. The molecule has 1 saturated heterocycles. The fourth-order valence-electron chi connectivity index (χ4n) is 4.12. The van der Waals surface area contributed by atoms with Crippen molar-refractivity contribution in [3.8, 4) is 0 Å². The first kappa shape index (κ1) is 15.5. The molecule has 0 unspecified atom stereocenters. The van der Waals surface area contributed by atoms with E-state index in [1.165, 1.54) is 25.7 Å². The number of fused-ring (bicyclic) bond motifs is 1. The van der Waals surface area contributed by atoms with Gasteiger partial charge >= 0.3 is 0 Å². The predicted molar refractivity (Wildman–Crippen MR) is 97.9 cm³/mol. The van der Waals surface area contributed by atoms with E-state index in [9.17, 15) is 4.79 Å². The first-order valence-corrected chi connectivity index (χ1v) is 9.32. The lowest BCUT2D eigenvalue weighted by molar-refractivity contribution is 0.0598. The molecule has 0 spiro atoms. The minimum atomic E-state index is 0.0296. The summed E-state index contributed by atoms with van der Waals surface area (Å²) in [6, 6.07) is 8.31. The van der Waals surface area contributed by atoms with Gasteiger partial charge in [0.25, 0.3) is 5.91 Å². The molecule has 1 aliphatic heterocycles. The van der Waals surface area contributed by atoms with Crippen molar-refractivity contribution in [1.82, 2.24) is 24.4 Å². The van der Waals surface area contributed by atoms with Crippen LogP contribution in [0.15, 0.2) is 43.0 Å². The highest BCUT2D eigenvalue weighted by atomic mass is 16.2. The molecule has 0 aromatic carbocycles. The first-order valence-electron chi connectivity index (χ1n) is 9.32. The van der Waals surface area contributed by atoms with Crippen LogP contribution in [0.3, 0.4) is 0 Å². The molecule has 3 aromatic rings. The van der Waals surface area contributed by atoms with Gasteiger partial charge in [-0.25, -0.2) is 9.97 Å². The largest absolute Gasteiger partial charge is 0.337 e. The van der Waals surface area contributed by atoms with Gasteiger partial charge in [-0.1, -0.05) is 18.9 Å². The second-order valence-electron chi connectivity index (χ2n) is 7.32. The third kappa shape index (κ3) is 2.57. The zero-order valence-corrected chi connectivity index (χ0v) is 14.6. The Hall–Kier alpha value is -2.76. The topological polar surface area (TPSA) is 63.9 Å². The van der Waals surface area contributed by atoms with E-state index in [1.807, 2.05) is 35.5 Å². The van der Waals surface area contributed by atoms with Gasteiger partial charge in [-0.3, -0.25) is 9.78 Å². The average molecular weight is 347 g/mol. The summed E-state index contributed by atoms with van der Waals surface area (Å²) < 4.78 is 2.18. The van der Waals surface area contributed by atoms with E-state index >= 15 is 0 Å². The summed E-state index contributed by atoms with van der Waals surface area (Å²) in [5, 5.41) is 0. The Balaban J connectivity index is 1.32. The number of nitrogens with zero attached hydrogens (tertiary/aromatic N) is 5. The van der Waals surface area contributed by atoms with E-state index in [4.69, 9.17) is 0 Å². The van der Waals surface area contributed by atoms with Gasteiger partial charge in [0.2, 0.25) is 0 Å². The Morgan fingerprint density at radius 2 is 1.92 bits per heavy atom. The maximum atomic E-state index is 12.7. The minimum Gasteiger partial charge on any atom is -0.337 e. The number of pyridine rings is 2. The number of hydrogen-bond donors (Lipinski definition) is 0. The number of likely N-dealkylation sites (tertiary alicyclic amines) is 1. The van der Waals surface area contributed by atoms with Gasteiger partial charge in [-0.15, -0.1) is 0 Å². The zero-order valence-electron chi connectivity index (χ0n) is 14.6. The van der Waals surface area contributed by atoms with E-state index in [-0.39, 0.29) is 5.91 Å².